The van der Waals surface area contributed by atoms with Crippen molar-refractivity contribution in [3.63, 3.8) is 0 Å². The maximum atomic E-state index is 9.13. The molecule has 8 heteroatoms. The molecule has 0 atom stereocenters. The van der Waals surface area contributed by atoms with Gasteiger partial charge in [0.2, 0.25) is 11.8 Å². The van der Waals surface area contributed by atoms with Crippen molar-refractivity contribution in [2.24, 2.45) is 0 Å². The lowest BCUT2D eigenvalue weighted by molar-refractivity contribution is 0.0288. The second-order valence-corrected chi connectivity index (χ2v) is 7.37. The van der Waals surface area contributed by atoms with Gasteiger partial charge < -0.3 is 4.42 Å². The first kappa shape index (κ1) is 18.7. The number of benzene rings is 2. The molecule has 26 heavy (non-hydrogen) atoms. The second kappa shape index (κ2) is 7.67. The number of hydrogen-bond acceptors (Lipinski definition) is 7. The van der Waals surface area contributed by atoms with Crippen LogP contribution in [0.3, 0.4) is 0 Å². The Balaban J connectivity index is 1.74. The summed E-state index contributed by atoms with van der Waals surface area (Å²) in [7, 11) is 0. The van der Waals surface area contributed by atoms with Crippen molar-refractivity contribution in [3.05, 3.63) is 57.9 Å². The van der Waals surface area contributed by atoms with Crippen LogP contribution in [-0.2, 0) is 5.75 Å². The molecule has 1 heterocycles. The van der Waals surface area contributed by atoms with Crippen LogP contribution in [0.15, 0.2) is 39.6 Å². The third-order valence-electron chi connectivity index (χ3n) is 3.93. The molecule has 0 saturated carbocycles. The molecule has 136 valence electrons. The Kier molecular flexibility index (Phi) is 5.52. The molecule has 2 aromatic carbocycles. The maximum Gasteiger partial charge on any atom is 0.247 e. The van der Waals surface area contributed by atoms with E-state index >= 15 is 0 Å². The van der Waals surface area contributed by atoms with Crippen molar-refractivity contribution in [2.75, 3.05) is 5.23 Å². The molecule has 0 bridgehead atoms. The van der Waals surface area contributed by atoms with Gasteiger partial charge in [-0.1, -0.05) is 11.6 Å². The van der Waals surface area contributed by atoms with Gasteiger partial charge in [-0.15, -0.1) is 27.2 Å². The smallest absolute Gasteiger partial charge is 0.247 e. The molecule has 1 aromatic heterocycles. The van der Waals surface area contributed by atoms with Gasteiger partial charge >= 0.3 is 0 Å². The zero-order chi connectivity index (χ0) is 18.8. The molecule has 0 spiro atoms. The van der Waals surface area contributed by atoms with E-state index < -0.39 is 0 Å². The zero-order valence-electron chi connectivity index (χ0n) is 14.5. The van der Waals surface area contributed by atoms with E-state index in [0.29, 0.717) is 23.1 Å². The van der Waals surface area contributed by atoms with Crippen molar-refractivity contribution < 1.29 is 14.8 Å². The van der Waals surface area contributed by atoms with Crippen LogP contribution < -0.4 is 5.23 Å². The summed E-state index contributed by atoms with van der Waals surface area (Å²) in [6.45, 7) is 5.75. The van der Waals surface area contributed by atoms with Crippen molar-refractivity contribution >= 4 is 29.1 Å². The maximum absolute atomic E-state index is 9.13. The molecule has 0 unspecified atom stereocenters. The Labute approximate surface area is 160 Å². The zero-order valence-corrected chi connectivity index (χ0v) is 16.1. The molecular weight excluding hydrogens is 374 g/mol. The SMILES string of the molecule is Cc1cc(SCc2nnc(-c3ccc(N(O)O)c(C)c3)o2)c(C)cc1Cl. The van der Waals surface area contributed by atoms with E-state index in [1.165, 1.54) is 0 Å². The summed E-state index contributed by atoms with van der Waals surface area (Å²) in [5, 5.41) is 27.3. The summed E-state index contributed by atoms with van der Waals surface area (Å²) in [6.07, 6.45) is 0. The lowest BCUT2D eigenvalue weighted by atomic mass is 10.1. The topological polar surface area (TPSA) is 82.6 Å². The van der Waals surface area contributed by atoms with Gasteiger partial charge in [-0.05, 0) is 67.8 Å². The van der Waals surface area contributed by atoms with Crippen molar-refractivity contribution in [3.8, 4) is 11.5 Å². The molecule has 6 nitrogen and oxygen atoms in total. The minimum absolute atomic E-state index is 0.0887. The van der Waals surface area contributed by atoms with E-state index in [2.05, 4.69) is 16.3 Å². The number of aromatic nitrogens is 2. The standard InChI is InChI=1S/C18H18ClN3O3S/c1-10-8-16(12(3)7-14(10)19)26-9-17-20-21-18(25-17)13-4-5-15(22(23)24)11(2)6-13/h4-8,23-24H,9H2,1-3H3. The van der Waals surface area contributed by atoms with E-state index in [0.717, 1.165) is 26.6 Å². The predicted octanol–water partition coefficient (Wildman–Crippen LogP) is 5.19. The molecule has 0 radical (unpaired) electrons. The Morgan fingerprint density at radius 2 is 1.81 bits per heavy atom. The lowest BCUT2D eigenvalue weighted by Gasteiger charge is -2.11. The van der Waals surface area contributed by atoms with Crippen LogP contribution in [-0.4, -0.2) is 20.6 Å². The average molecular weight is 392 g/mol. The van der Waals surface area contributed by atoms with E-state index in [4.69, 9.17) is 26.4 Å². The lowest BCUT2D eigenvalue weighted by Crippen LogP contribution is -2.12. The number of hydrogen-bond donors (Lipinski definition) is 2. The van der Waals surface area contributed by atoms with Crippen molar-refractivity contribution in [1.82, 2.24) is 10.2 Å². The van der Waals surface area contributed by atoms with Gasteiger partial charge in [-0.3, -0.25) is 10.4 Å². The van der Waals surface area contributed by atoms with Crippen LogP contribution in [0.2, 0.25) is 5.02 Å². The van der Waals surface area contributed by atoms with Gasteiger partial charge in [0, 0.05) is 15.5 Å². The second-order valence-electron chi connectivity index (χ2n) is 5.95. The van der Waals surface area contributed by atoms with Gasteiger partial charge in [0.05, 0.1) is 11.4 Å². The van der Waals surface area contributed by atoms with Crippen LogP contribution >= 0.6 is 23.4 Å². The molecule has 0 aliphatic rings. The normalized spacial score (nSPS) is 11.0. The summed E-state index contributed by atoms with van der Waals surface area (Å²) < 4.78 is 5.73. The summed E-state index contributed by atoms with van der Waals surface area (Å²) in [4.78, 5) is 1.12. The van der Waals surface area contributed by atoms with Gasteiger partial charge in [-0.2, -0.15) is 0 Å². The molecule has 3 rings (SSSR count). The fraction of sp³-hybridized carbons (Fsp3) is 0.222. The van der Waals surface area contributed by atoms with Crippen molar-refractivity contribution in [1.29, 1.82) is 0 Å². The van der Waals surface area contributed by atoms with Gasteiger partial charge in [-0.25, -0.2) is 0 Å². The Hall–Kier alpha value is -2.06. The molecule has 0 aliphatic heterocycles. The third-order valence-corrected chi connectivity index (χ3v) is 5.48. The monoisotopic (exact) mass is 391 g/mol. The number of anilines is 1. The van der Waals surface area contributed by atoms with E-state index in [1.54, 1.807) is 36.9 Å². The third kappa shape index (κ3) is 4.02. The highest BCUT2D eigenvalue weighted by Gasteiger charge is 2.13. The quantitative estimate of drug-likeness (QED) is 0.457. The first-order valence-corrected chi connectivity index (χ1v) is 9.22. The predicted molar refractivity (Wildman–Crippen MR) is 101 cm³/mol. The van der Waals surface area contributed by atoms with Gasteiger partial charge in [0.25, 0.3) is 0 Å². The van der Waals surface area contributed by atoms with E-state index in [-0.39, 0.29) is 10.9 Å². The van der Waals surface area contributed by atoms with Crippen LogP contribution in [0.5, 0.6) is 0 Å². The molecule has 0 saturated heterocycles. The highest BCUT2D eigenvalue weighted by atomic mass is 35.5. The molecule has 3 aromatic rings. The summed E-state index contributed by atoms with van der Waals surface area (Å²) in [5.41, 5.74) is 3.82. The summed E-state index contributed by atoms with van der Waals surface area (Å²) >= 11 is 7.75. The van der Waals surface area contributed by atoms with E-state index in [1.807, 2.05) is 19.9 Å². The summed E-state index contributed by atoms with van der Waals surface area (Å²) in [6, 6.07) is 9.03. The minimum atomic E-state index is 0.0887. The average Bonchev–Trinajstić information content (AvgIpc) is 3.05. The highest BCUT2D eigenvalue weighted by Crippen LogP contribution is 2.31. The molecule has 0 amide bonds. The van der Waals surface area contributed by atoms with E-state index in [9.17, 15) is 0 Å². The van der Waals surface area contributed by atoms with Crippen LogP contribution in [0.4, 0.5) is 5.69 Å². The van der Waals surface area contributed by atoms with Crippen molar-refractivity contribution in [2.45, 2.75) is 31.4 Å². The highest BCUT2D eigenvalue weighted by molar-refractivity contribution is 7.98. The first-order valence-electron chi connectivity index (χ1n) is 7.86. The van der Waals surface area contributed by atoms with Crippen LogP contribution in [0.1, 0.15) is 22.6 Å². The molecule has 0 fully saturated rings. The Morgan fingerprint density at radius 3 is 2.50 bits per heavy atom. The number of halogens is 1. The fourth-order valence-corrected chi connectivity index (χ4v) is 3.65. The van der Waals surface area contributed by atoms with Gasteiger partial charge in [0.1, 0.15) is 0 Å². The number of rotatable bonds is 5. The molecule has 2 N–H and O–H groups in total. The molecule has 0 aliphatic carbocycles. The van der Waals surface area contributed by atoms with Crippen LogP contribution in [0.25, 0.3) is 11.5 Å². The Morgan fingerprint density at radius 1 is 1.04 bits per heavy atom. The van der Waals surface area contributed by atoms with Crippen LogP contribution in [0, 0.1) is 20.8 Å². The number of aryl methyl sites for hydroxylation is 3. The number of nitrogens with zero attached hydrogens (tertiary/aromatic N) is 3. The molecular formula is C18H18ClN3O3S. The number of thioether (sulfide) groups is 1. The summed E-state index contributed by atoms with van der Waals surface area (Å²) in [5.74, 6) is 1.46. The minimum Gasteiger partial charge on any atom is -0.420 e. The largest absolute Gasteiger partial charge is 0.420 e. The fourth-order valence-electron chi connectivity index (χ4n) is 2.49. The Bertz CT molecular complexity index is 943. The first-order chi connectivity index (χ1) is 12.3. The van der Waals surface area contributed by atoms with Gasteiger partial charge in [0.15, 0.2) is 0 Å².